The lowest BCUT2D eigenvalue weighted by molar-refractivity contribution is -0.305. The third-order valence-electron chi connectivity index (χ3n) is 14.7. The van der Waals surface area contributed by atoms with Gasteiger partial charge in [0.1, 0.15) is 24.4 Å². The van der Waals surface area contributed by atoms with Crippen molar-refractivity contribution in [3.8, 4) is 0 Å². The van der Waals surface area contributed by atoms with Gasteiger partial charge in [0.2, 0.25) is 5.91 Å². The Hall–Kier alpha value is -2.38. The first-order valence-electron chi connectivity index (χ1n) is 31.4. The van der Waals surface area contributed by atoms with Crippen molar-refractivity contribution in [1.29, 1.82) is 0 Å². The van der Waals surface area contributed by atoms with Gasteiger partial charge in [0.05, 0.1) is 25.4 Å². The van der Waals surface area contributed by atoms with Crippen molar-refractivity contribution in [3.05, 3.63) is 48.6 Å². The summed E-state index contributed by atoms with van der Waals surface area (Å²) < 4.78 is 17.6. The van der Waals surface area contributed by atoms with Gasteiger partial charge in [0.15, 0.2) is 12.4 Å². The Morgan fingerprint density at radius 3 is 1.40 bits per heavy atom. The van der Waals surface area contributed by atoms with E-state index in [1.54, 1.807) is 6.08 Å². The first kappa shape index (κ1) is 70.6. The molecular weight excluding hydrogens is 943 g/mol. The number of hydrogen-bond acceptors (Lipinski definition) is 10. The van der Waals surface area contributed by atoms with Crippen LogP contribution in [0.4, 0.5) is 0 Å². The highest BCUT2D eigenvalue weighted by atomic mass is 16.7. The van der Waals surface area contributed by atoms with E-state index in [0.29, 0.717) is 12.8 Å². The molecule has 1 saturated heterocycles. The van der Waals surface area contributed by atoms with Crippen LogP contribution in [0, 0.1) is 0 Å². The number of ether oxygens (including phenoxy) is 3. The number of hydrogen-bond donors (Lipinski definition) is 6. The van der Waals surface area contributed by atoms with Crippen LogP contribution in [-0.2, 0) is 23.8 Å². The van der Waals surface area contributed by atoms with Crippen LogP contribution in [-0.4, -0.2) is 99.6 Å². The molecule has 75 heavy (non-hydrogen) atoms. The van der Waals surface area contributed by atoms with E-state index in [2.05, 4.69) is 62.5 Å². The maximum absolute atomic E-state index is 13.4. The van der Waals surface area contributed by atoms with Crippen LogP contribution in [0.5, 0.6) is 0 Å². The molecule has 0 aromatic carbocycles. The molecular formula is C64H117NO10. The Labute approximate surface area is 459 Å². The third-order valence-corrected chi connectivity index (χ3v) is 14.7. The van der Waals surface area contributed by atoms with E-state index in [0.717, 1.165) is 64.2 Å². The van der Waals surface area contributed by atoms with Gasteiger partial charge in [-0.15, -0.1) is 0 Å². The number of allylic oxidation sites excluding steroid dienone is 7. The summed E-state index contributed by atoms with van der Waals surface area (Å²) in [5.74, 6) is -1.21. The SMILES string of the molecule is CCCCC/C=C\C/C=C\CCCCCCCCCCCCCC(=O)OC1C(OCC(NC(=O)C(O)CCCC/C=C\CCCCCCCC)C(O)/C=C/CCCCCCCCCCCCC)OC(CO)C(O)C1O. The van der Waals surface area contributed by atoms with Crippen LogP contribution in [0.1, 0.15) is 284 Å². The number of aliphatic hydroxyl groups excluding tert-OH is 5. The largest absolute Gasteiger partial charge is 0.454 e. The van der Waals surface area contributed by atoms with E-state index in [9.17, 15) is 35.1 Å². The van der Waals surface area contributed by atoms with Crippen molar-refractivity contribution in [2.75, 3.05) is 13.2 Å². The summed E-state index contributed by atoms with van der Waals surface area (Å²) in [5.41, 5.74) is 0. The summed E-state index contributed by atoms with van der Waals surface area (Å²) in [6.07, 6.45) is 52.9. The van der Waals surface area contributed by atoms with Gasteiger partial charge < -0.3 is 45.1 Å². The second kappa shape index (κ2) is 52.3. The molecule has 1 fully saturated rings. The van der Waals surface area contributed by atoms with Crippen molar-refractivity contribution in [2.45, 2.75) is 333 Å². The maximum atomic E-state index is 13.4. The molecule has 1 heterocycles. The summed E-state index contributed by atoms with van der Waals surface area (Å²) in [7, 11) is 0. The summed E-state index contributed by atoms with van der Waals surface area (Å²) in [6.45, 7) is 5.75. The maximum Gasteiger partial charge on any atom is 0.306 e. The molecule has 0 aliphatic carbocycles. The molecule has 11 nitrogen and oxygen atoms in total. The van der Waals surface area contributed by atoms with Gasteiger partial charge in [-0.2, -0.15) is 0 Å². The Bertz CT molecular complexity index is 1400. The molecule has 438 valence electrons. The van der Waals surface area contributed by atoms with Crippen molar-refractivity contribution in [2.24, 2.45) is 0 Å². The zero-order valence-corrected chi connectivity index (χ0v) is 48.4. The minimum Gasteiger partial charge on any atom is -0.454 e. The number of carbonyl (C=O) groups excluding carboxylic acids is 2. The van der Waals surface area contributed by atoms with Crippen LogP contribution in [0.2, 0.25) is 0 Å². The Kier molecular flexibility index (Phi) is 49.3. The number of esters is 1. The van der Waals surface area contributed by atoms with E-state index in [-0.39, 0.29) is 19.4 Å². The van der Waals surface area contributed by atoms with Crippen LogP contribution in [0.25, 0.3) is 0 Å². The fourth-order valence-corrected chi connectivity index (χ4v) is 9.68. The molecule has 0 bridgehead atoms. The lowest BCUT2D eigenvalue weighted by atomic mass is 9.99. The van der Waals surface area contributed by atoms with Gasteiger partial charge in [-0.25, -0.2) is 0 Å². The Morgan fingerprint density at radius 2 is 0.920 bits per heavy atom. The Balaban J connectivity index is 2.65. The van der Waals surface area contributed by atoms with Crippen molar-refractivity contribution < 1.29 is 49.3 Å². The fraction of sp³-hybridized carbons (Fsp3) is 0.844. The van der Waals surface area contributed by atoms with E-state index in [1.807, 2.05) is 6.08 Å². The summed E-state index contributed by atoms with van der Waals surface area (Å²) >= 11 is 0. The van der Waals surface area contributed by atoms with Gasteiger partial charge in [0.25, 0.3) is 0 Å². The van der Waals surface area contributed by atoms with Gasteiger partial charge >= 0.3 is 5.97 Å². The zero-order chi connectivity index (χ0) is 54.7. The van der Waals surface area contributed by atoms with Gasteiger partial charge in [-0.1, -0.05) is 243 Å². The predicted molar refractivity (Wildman–Crippen MR) is 310 cm³/mol. The predicted octanol–water partition coefficient (Wildman–Crippen LogP) is 14.8. The van der Waals surface area contributed by atoms with Crippen molar-refractivity contribution in [3.63, 3.8) is 0 Å². The fourth-order valence-electron chi connectivity index (χ4n) is 9.68. The van der Waals surface area contributed by atoms with Crippen molar-refractivity contribution in [1.82, 2.24) is 5.32 Å². The smallest absolute Gasteiger partial charge is 0.306 e. The van der Waals surface area contributed by atoms with E-state index in [4.69, 9.17) is 14.2 Å². The second-order valence-corrected chi connectivity index (χ2v) is 21.8. The quantitative estimate of drug-likeness (QED) is 0.0195. The number of aliphatic hydroxyl groups is 5. The molecule has 0 spiro atoms. The number of carbonyl (C=O) groups is 2. The van der Waals surface area contributed by atoms with Gasteiger partial charge in [-0.05, 0) is 83.5 Å². The third kappa shape index (κ3) is 40.5. The summed E-state index contributed by atoms with van der Waals surface area (Å²) in [6, 6.07) is -1.03. The molecule has 8 unspecified atom stereocenters. The minimum atomic E-state index is -1.62. The first-order valence-corrected chi connectivity index (χ1v) is 31.4. The molecule has 1 aliphatic rings. The van der Waals surface area contributed by atoms with Crippen LogP contribution in [0.3, 0.4) is 0 Å². The molecule has 1 aliphatic heterocycles. The highest BCUT2D eigenvalue weighted by Gasteiger charge is 2.47. The zero-order valence-electron chi connectivity index (χ0n) is 48.4. The van der Waals surface area contributed by atoms with E-state index >= 15 is 0 Å². The van der Waals surface area contributed by atoms with Crippen LogP contribution < -0.4 is 5.32 Å². The molecule has 11 heteroatoms. The minimum absolute atomic E-state index is 0.120. The number of unbranched alkanes of at least 4 members (excludes halogenated alkanes) is 33. The molecule has 6 N–H and O–H groups in total. The number of nitrogens with one attached hydrogen (secondary N) is 1. The number of amides is 1. The standard InChI is InChI=1S/C64H117NO10/c1-4-7-10-13-16-19-22-25-26-27-28-29-30-31-32-34-37-40-43-46-49-52-59(69)75-62-61(71)60(70)58(53-66)74-64(62)73-54-55(56(67)50-47-44-41-38-36-33-23-20-17-14-11-8-5-2)65-63(72)57(68)51-48-45-42-39-35-24-21-18-15-12-9-6-3/h16,19,25-26,35,39,47,50,55-58,60-62,64,66-68,70-71H,4-15,17-18,20-24,27-34,36-38,40-46,48-49,51-54H2,1-3H3,(H,65,72)/b19-16-,26-25-,39-35-,50-47+. The molecule has 0 saturated carbocycles. The average molecular weight is 1060 g/mol. The molecule has 0 aromatic rings. The summed E-state index contributed by atoms with van der Waals surface area (Å²) in [5, 5.41) is 56.9. The van der Waals surface area contributed by atoms with Gasteiger partial charge in [0, 0.05) is 6.42 Å². The number of rotatable bonds is 53. The lowest BCUT2D eigenvalue weighted by Crippen LogP contribution is -2.61. The van der Waals surface area contributed by atoms with E-state index in [1.165, 1.54) is 173 Å². The molecule has 1 rings (SSSR count). The van der Waals surface area contributed by atoms with Crippen LogP contribution >= 0.6 is 0 Å². The lowest BCUT2D eigenvalue weighted by Gasteiger charge is -2.41. The molecule has 1 amide bonds. The Morgan fingerprint density at radius 1 is 0.520 bits per heavy atom. The summed E-state index contributed by atoms with van der Waals surface area (Å²) in [4.78, 5) is 26.5. The highest BCUT2D eigenvalue weighted by molar-refractivity contribution is 5.80. The van der Waals surface area contributed by atoms with E-state index < -0.39 is 67.4 Å². The molecule has 8 atom stereocenters. The normalized spacial score (nSPS) is 19.5. The van der Waals surface area contributed by atoms with Crippen LogP contribution in [0.15, 0.2) is 48.6 Å². The highest BCUT2D eigenvalue weighted by Crippen LogP contribution is 2.26. The second-order valence-electron chi connectivity index (χ2n) is 21.8. The first-order chi connectivity index (χ1) is 36.7. The average Bonchev–Trinajstić information content (AvgIpc) is 3.41. The monoisotopic (exact) mass is 1060 g/mol. The van der Waals surface area contributed by atoms with Crippen molar-refractivity contribution >= 4 is 11.9 Å². The molecule has 0 aromatic heterocycles. The van der Waals surface area contributed by atoms with Gasteiger partial charge in [-0.3, -0.25) is 9.59 Å². The topological polar surface area (TPSA) is 175 Å². The molecule has 0 radical (unpaired) electrons.